The van der Waals surface area contributed by atoms with Crippen molar-refractivity contribution >= 4 is 21.7 Å². The first-order chi connectivity index (χ1) is 10.9. The van der Waals surface area contributed by atoms with Gasteiger partial charge in [0.2, 0.25) is 10.0 Å². The summed E-state index contributed by atoms with van der Waals surface area (Å²) in [6, 6.07) is 2.93. The molecule has 2 atom stereocenters. The number of anilines is 1. The van der Waals surface area contributed by atoms with Crippen molar-refractivity contribution in [2.45, 2.75) is 26.1 Å². The Morgan fingerprint density at radius 2 is 2.09 bits per heavy atom. The maximum Gasteiger partial charge on any atom is 0.319 e. The first kappa shape index (κ1) is 17.6. The minimum atomic E-state index is -3.42. The third-order valence-electron chi connectivity index (χ3n) is 3.34. The molecule has 2 unspecified atom stereocenters. The summed E-state index contributed by atoms with van der Waals surface area (Å²) in [6.07, 6.45) is 2.85. The Balaban J connectivity index is 1.79. The summed E-state index contributed by atoms with van der Waals surface area (Å²) in [5.74, 6) is -0.146. The van der Waals surface area contributed by atoms with Gasteiger partial charge < -0.3 is 15.4 Å². The number of sulfonamides is 1. The third kappa shape index (κ3) is 5.45. The third-order valence-corrected chi connectivity index (χ3v) is 5.15. The Bertz CT molecular complexity index is 613. The first-order valence-corrected chi connectivity index (χ1v) is 9.06. The van der Waals surface area contributed by atoms with Gasteiger partial charge in [-0.1, -0.05) is 0 Å². The van der Waals surface area contributed by atoms with E-state index < -0.39 is 16.1 Å². The van der Waals surface area contributed by atoms with Gasteiger partial charge in [0.05, 0.1) is 29.8 Å². The van der Waals surface area contributed by atoms with Gasteiger partial charge in [0.25, 0.3) is 0 Å². The van der Waals surface area contributed by atoms with Gasteiger partial charge in [0, 0.05) is 25.8 Å². The Morgan fingerprint density at radius 1 is 1.39 bits per heavy atom. The van der Waals surface area contributed by atoms with E-state index in [-0.39, 0.29) is 24.5 Å². The average Bonchev–Trinajstić information content (AvgIpc) is 2.47. The van der Waals surface area contributed by atoms with E-state index >= 15 is 0 Å². The Labute approximate surface area is 136 Å². The van der Waals surface area contributed by atoms with Crippen molar-refractivity contribution in [1.82, 2.24) is 14.6 Å². The van der Waals surface area contributed by atoms with E-state index in [0.717, 1.165) is 0 Å². The highest BCUT2D eigenvalue weighted by Gasteiger charge is 2.30. The molecule has 23 heavy (non-hydrogen) atoms. The molecule has 1 fully saturated rings. The smallest absolute Gasteiger partial charge is 0.319 e. The molecule has 8 nitrogen and oxygen atoms in total. The molecule has 1 aliphatic heterocycles. The van der Waals surface area contributed by atoms with Crippen LogP contribution < -0.4 is 10.6 Å². The SMILES string of the molecule is CC1CN(S(=O)(=O)CCNC(=O)Nc2cccnc2)CC(C)O1. The lowest BCUT2D eigenvalue weighted by atomic mass is 10.3. The molecule has 0 bridgehead atoms. The Morgan fingerprint density at radius 3 is 2.70 bits per heavy atom. The van der Waals surface area contributed by atoms with Crippen LogP contribution in [0.3, 0.4) is 0 Å². The van der Waals surface area contributed by atoms with Crippen molar-refractivity contribution in [2.24, 2.45) is 0 Å². The molecular formula is C14H22N4O4S. The average molecular weight is 342 g/mol. The summed E-state index contributed by atoms with van der Waals surface area (Å²) in [5.41, 5.74) is 0.545. The van der Waals surface area contributed by atoms with E-state index in [1.807, 2.05) is 13.8 Å². The summed E-state index contributed by atoms with van der Waals surface area (Å²) in [7, 11) is -3.42. The monoisotopic (exact) mass is 342 g/mol. The van der Waals surface area contributed by atoms with E-state index in [1.54, 1.807) is 18.3 Å². The van der Waals surface area contributed by atoms with Gasteiger partial charge in [-0.05, 0) is 26.0 Å². The molecule has 2 rings (SSSR count). The van der Waals surface area contributed by atoms with Gasteiger partial charge in [-0.25, -0.2) is 13.2 Å². The fraction of sp³-hybridized carbons (Fsp3) is 0.571. The summed E-state index contributed by atoms with van der Waals surface area (Å²) in [4.78, 5) is 15.6. The Hall–Kier alpha value is -1.71. The number of aromatic nitrogens is 1. The first-order valence-electron chi connectivity index (χ1n) is 7.45. The fourth-order valence-electron chi connectivity index (χ4n) is 2.39. The normalized spacial score (nSPS) is 22.5. The van der Waals surface area contributed by atoms with Gasteiger partial charge in [-0.2, -0.15) is 4.31 Å². The van der Waals surface area contributed by atoms with Crippen LogP contribution in [0.25, 0.3) is 0 Å². The van der Waals surface area contributed by atoms with Crippen LogP contribution in [-0.2, 0) is 14.8 Å². The summed E-state index contributed by atoms with van der Waals surface area (Å²) in [6.45, 7) is 4.41. The maximum atomic E-state index is 12.3. The molecule has 1 aliphatic rings. The topological polar surface area (TPSA) is 101 Å². The number of hydrogen-bond acceptors (Lipinski definition) is 5. The number of amides is 2. The number of hydrogen-bond donors (Lipinski definition) is 2. The van der Waals surface area contributed by atoms with Gasteiger partial charge in [-0.15, -0.1) is 0 Å². The van der Waals surface area contributed by atoms with Crippen molar-refractivity contribution in [3.05, 3.63) is 24.5 Å². The molecule has 2 heterocycles. The number of nitrogens with one attached hydrogen (secondary N) is 2. The zero-order valence-corrected chi connectivity index (χ0v) is 14.0. The molecule has 0 aliphatic carbocycles. The van der Waals surface area contributed by atoms with Gasteiger partial charge in [-0.3, -0.25) is 4.98 Å². The molecule has 128 valence electrons. The zero-order valence-electron chi connectivity index (χ0n) is 13.2. The molecule has 1 aromatic rings. The predicted molar refractivity (Wildman–Crippen MR) is 86.6 cm³/mol. The summed E-state index contributed by atoms with van der Waals surface area (Å²) >= 11 is 0. The number of urea groups is 1. The lowest BCUT2D eigenvalue weighted by Gasteiger charge is -2.34. The molecular weight excluding hydrogens is 320 g/mol. The van der Waals surface area contributed by atoms with Crippen LogP contribution in [0.5, 0.6) is 0 Å². The van der Waals surface area contributed by atoms with Crippen molar-refractivity contribution < 1.29 is 17.9 Å². The summed E-state index contributed by atoms with van der Waals surface area (Å²) in [5, 5.41) is 5.11. The number of carbonyl (C=O) groups excluding carboxylic acids is 1. The van der Waals surface area contributed by atoms with Crippen LogP contribution in [0.1, 0.15) is 13.8 Å². The van der Waals surface area contributed by atoms with Gasteiger partial charge >= 0.3 is 6.03 Å². The number of rotatable bonds is 5. The van der Waals surface area contributed by atoms with E-state index in [0.29, 0.717) is 18.8 Å². The zero-order chi connectivity index (χ0) is 16.9. The number of morpholine rings is 1. The molecule has 0 saturated carbocycles. The molecule has 9 heteroatoms. The second-order valence-electron chi connectivity index (χ2n) is 5.51. The minimum Gasteiger partial charge on any atom is -0.373 e. The maximum absolute atomic E-state index is 12.3. The molecule has 0 radical (unpaired) electrons. The van der Waals surface area contributed by atoms with E-state index in [9.17, 15) is 13.2 Å². The van der Waals surface area contributed by atoms with Crippen molar-refractivity contribution in [1.29, 1.82) is 0 Å². The lowest BCUT2D eigenvalue weighted by molar-refractivity contribution is -0.0440. The molecule has 0 aromatic carbocycles. The number of nitrogens with zero attached hydrogens (tertiary/aromatic N) is 2. The second kappa shape index (κ2) is 7.71. The van der Waals surface area contributed by atoms with Crippen molar-refractivity contribution in [3.8, 4) is 0 Å². The number of pyridine rings is 1. The van der Waals surface area contributed by atoms with Crippen LogP contribution in [0.4, 0.5) is 10.5 Å². The number of carbonyl (C=O) groups is 1. The molecule has 2 N–H and O–H groups in total. The highest BCUT2D eigenvalue weighted by atomic mass is 32.2. The van der Waals surface area contributed by atoms with Crippen LogP contribution >= 0.6 is 0 Å². The number of ether oxygens (including phenoxy) is 1. The lowest BCUT2D eigenvalue weighted by Crippen LogP contribution is -2.49. The van der Waals surface area contributed by atoms with Gasteiger partial charge in [0.15, 0.2) is 0 Å². The van der Waals surface area contributed by atoms with Crippen molar-refractivity contribution in [2.75, 3.05) is 30.7 Å². The largest absolute Gasteiger partial charge is 0.373 e. The van der Waals surface area contributed by atoms with Gasteiger partial charge in [0.1, 0.15) is 0 Å². The van der Waals surface area contributed by atoms with Crippen LogP contribution in [-0.4, -0.2) is 61.3 Å². The van der Waals surface area contributed by atoms with E-state index in [2.05, 4.69) is 15.6 Å². The minimum absolute atomic E-state index is 0.0363. The molecule has 2 amide bonds. The van der Waals surface area contributed by atoms with E-state index in [1.165, 1.54) is 10.5 Å². The molecule has 0 spiro atoms. The molecule has 1 saturated heterocycles. The Kier molecular flexibility index (Phi) is 5.91. The molecule has 1 aromatic heterocycles. The second-order valence-corrected chi connectivity index (χ2v) is 7.60. The van der Waals surface area contributed by atoms with Crippen LogP contribution in [0, 0.1) is 0 Å². The standard InChI is InChI=1S/C14H22N4O4S/c1-11-9-18(10-12(2)22-11)23(20,21)7-6-16-14(19)17-13-4-3-5-15-8-13/h3-5,8,11-12H,6-7,9-10H2,1-2H3,(H2,16,17,19). The highest BCUT2D eigenvalue weighted by molar-refractivity contribution is 7.89. The van der Waals surface area contributed by atoms with Crippen LogP contribution in [0.2, 0.25) is 0 Å². The van der Waals surface area contributed by atoms with Crippen LogP contribution in [0.15, 0.2) is 24.5 Å². The predicted octanol–water partition coefficient (Wildman–Crippen LogP) is 0.642. The quantitative estimate of drug-likeness (QED) is 0.818. The highest BCUT2D eigenvalue weighted by Crippen LogP contribution is 2.14. The summed E-state index contributed by atoms with van der Waals surface area (Å²) < 4.78 is 31.6. The van der Waals surface area contributed by atoms with E-state index in [4.69, 9.17) is 4.74 Å². The fourth-order valence-corrected chi connectivity index (χ4v) is 3.88. The van der Waals surface area contributed by atoms with Crippen molar-refractivity contribution in [3.63, 3.8) is 0 Å².